The molecule has 1 aliphatic carbocycles. The molecule has 1 fully saturated rings. The van der Waals surface area contributed by atoms with Crippen molar-refractivity contribution >= 4 is 21.8 Å². The number of phenols is 1. The second kappa shape index (κ2) is 6.42. The van der Waals surface area contributed by atoms with Gasteiger partial charge < -0.3 is 10.0 Å². The Labute approximate surface area is 122 Å². The Hall–Kier alpha value is -1.03. The van der Waals surface area contributed by atoms with E-state index in [9.17, 15) is 9.90 Å². The fourth-order valence-corrected chi connectivity index (χ4v) is 3.13. The van der Waals surface area contributed by atoms with E-state index in [4.69, 9.17) is 0 Å². The minimum atomic E-state index is -0.0486. The molecular formula is C15H20BrNO2. The van der Waals surface area contributed by atoms with E-state index in [1.54, 1.807) is 6.07 Å². The third-order valence-electron chi connectivity index (χ3n) is 3.82. The van der Waals surface area contributed by atoms with Crippen LogP contribution in [0.25, 0.3) is 0 Å². The number of nitrogens with zero attached hydrogens (tertiary/aromatic N) is 1. The topological polar surface area (TPSA) is 40.5 Å². The number of hydrogen-bond donors (Lipinski definition) is 1. The highest BCUT2D eigenvalue weighted by molar-refractivity contribution is 9.09. The average Bonchev–Trinajstić information content (AvgIpc) is 2.92. The van der Waals surface area contributed by atoms with Crippen LogP contribution < -0.4 is 0 Å². The van der Waals surface area contributed by atoms with Crippen molar-refractivity contribution in [1.82, 2.24) is 4.90 Å². The Morgan fingerprint density at radius 1 is 1.42 bits per heavy atom. The zero-order valence-corrected chi connectivity index (χ0v) is 12.8. The lowest BCUT2D eigenvalue weighted by atomic mass is 10.1. The molecule has 0 atom stereocenters. The molecule has 0 heterocycles. The molecule has 0 unspecified atom stereocenters. The van der Waals surface area contributed by atoms with Crippen LogP contribution in [0.15, 0.2) is 18.2 Å². The maximum atomic E-state index is 12.6. The maximum Gasteiger partial charge on any atom is 0.257 e. The van der Waals surface area contributed by atoms with E-state index in [0.717, 1.165) is 23.7 Å². The van der Waals surface area contributed by atoms with Crippen LogP contribution in [-0.2, 0) is 0 Å². The van der Waals surface area contributed by atoms with E-state index >= 15 is 0 Å². The molecule has 1 amide bonds. The van der Waals surface area contributed by atoms with Gasteiger partial charge in [-0.15, -0.1) is 0 Å². The molecular weight excluding hydrogens is 306 g/mol. The van der Waals surface area contributed by atoms with Gasteiger partial charge in [0, 0.05) is 17.9 Å². The molecule has 1 aromatic carbocycles. The normalized spacial score (nSPS) is 15.7. The van der Waals surface area contributed by atoms with Crippen LogP contribution in [0.1, 0.15) is 41.6 Å². The number of benzene rings is 1. The summed E-state index contributed by atoms with van der Waals surface area (Å²) in [5.74, 6) is 0.0672. The molecule has 3 nitrogen and oxygen atoms in total. The minimum absolute atomic E-state index is 0.0486. The average molecular weight is 326 g/mol. The molecule has 0 saturated heterocycles. The van der Waals surface area contributed by atoms with Gasteiger partial charge in [0.2, 0.25) is 0 Å². The first kappa shape index (κ1) is 14.4. The number of aromatic hydroxyl groups is 1. The van der Waals surface area contributed by atoms with E-state index in [2.05, 4.69) is 15.9 Å². The van der Waals surface area contributed by atoms with Crippen LogP contribution >= 0.6 is 15.9 Å². The summed E-state index contributed by atoms with van der Waals surface area (Å²) in [6.45, 7) is 2.51. The summed E-state index contributed by atoms with van der Waals surface area (Å²) in [5.41, 5.74) is 1.17. The molecule has 19 heavy (non-hydrogen) atoms. The molecule has 0 bridgehead atoms. The van der Waals surface area contributed by atoms with Crippen molar-refractivity contribution in [1.29, 1.82) is 0 Å². The molecule has 1 aliphatic rings. The summed E-state index contributed by atoms with van der Waals surface area (Å²) in [7, 11) is 0. The van der Waals surface area contributed by atoms with Crippen molar-refractivity contribution in [3.05, 3.63) is 29.3 Å². The lowest BCUT2D eigenvalue weighted by molar-refractivity contribution is 0.0693. The number of amides is 1. The predicted octanol–water partition coefficient (Wildman–Crippen LogP) is 3.48. The second-order valence-electron chi connectivity index (χ2n) is 5.10. The molecule has 104 valence electrons. The smallest absolute Gasteiger partial charge is 0.257 e. The first-order chi connectivity index (χ1) is 9.15. The Morgan fingerprint density at radius 2 is 2.11 bits per heavy atom. The van der Waals surface area contributed by atoms with E-state index in [0.29, 0.717) is 18.2 Å². The maximum absolute atomic E-state index is 12.6. The van der Waals surface area contributed by atoms with Crippen LogP contribution in [0.3, 0.4) is 0 Å². The molecule has 0 aliphatic heterocycles. The molecule has 0 radical (unpaired) electrons. The SMILES string of the molecule is Cc1cccc(C(=O)N(CCBr)C2CCCC2)c1O. The number of phenolic OH excluding ortho intramolecular Hbond substituents is 1. The van der Waals surface area contributed by atoms with Crippen molar-refractivity contribution in [3.63, 3.8) is 0 Å². The Balaban J connectivity index is 2.25. The molecule has 4 heteroatoms. The zero-order valence-electron chi connectivity index (χ0n) is 11.2. The van der Waals surface area contributed by atoms with Crippen molar-refractivity contribution in [2.45, 2.75) is 38.6 Å². The summed E-state index contributed by atoms with van der Waals surface area (Å²) >= 11 is 3.41. The number of halogens is 1. The minimum Gasteiger partial charge on any atom is -0.507 e. The first-order valence-corrected chi connectivity index (χ1v) is 7.93. The lowest BCUT2D eigenvalue weighted by Crippen LogP contribution is -2.40. The highest BCUT2D eigenvalue weighted by Crippen LogP contribution is 2.28. The monoisotopic (exact) mass is 325 g/mol. The van der Waals surface area contributed by atoms with E-state index in [1.165, 1.54) is 12.8 Å². The van der Waals surface area contributed by atoms with Gasteiger partial charge in [0.1, 0.15) is 5.75 Å². The van der Waals surface area contributed by atoms with Crippen molar-refractivity contribution in [2.24, 2.45) is 0 Å². The molecule has 1 N–H and O–H groups in total. The van der Waals surface area contributed by atoms with Crippen LogP contribution in [0, 0.1) is 6.92 Å². The third kappa shape index (κ3) is 3.11. The van der Waals surface area contributed by atoms with Crippen molar-refractivity contribution < 1.29 is 9.90 Å². The fourth-order valence-electron chi connectivity index (χ4n) is 2.74. The Kier molecular flexibility index (Phi) is 4.86. The van der Waals surface area contributed by atoms with Crippen LogP contribution in [-0.4, -0.2) is 33.8 Å². The van der Waals surface area contributed by atoms with Gasteiger partial charge in [-0.3, -0.25) is 4.79 Å². The van der Waals surface area contributed by atoms with Gasteiger partial charge in [0.15, 0.2) is 0 Å². The van der Waals surface area contributed by atoms with Crippen molar-refractivity contribution in [3.8, 4) is 5.75 Å². The molecule has 0 aromatic heterocycles. The van der Waals surface area contributed by atoms with Gasteiger partial charge >= 0.3 is 0 Å². The van der Waals surface area contributed by atoms with Gasteiger partial charge in [-0.05, 0) is 31.4 Å². The predicted molar refractivity (Wildman–Crippen MR) is 79.9 cm³/mol. The quantitative estimate of drug-likeness (QED) is 0.861. The number of rotatable bonds is 4. The highest BCUT2D eigenvalue weighted by Gasteiger charge is 2.28. The zero-order chi connectivity index (χ0) is 13.8. The Bertz CT molecular complexity index is 455. The lowest BCUT2D eigenvalue weighted by Gasteiger charge is -2.28. The molecule has 1 aromatic rings. The summed E-state index contributed by atoms with van der Waals surface area (Å²) < 4.78 is 0. The molecule has 2 rings (SSSR count). The molecule has 1 saturated carbocycles. The summed E-state index contributed by atoms with van der Waals surface area (Å²) in [4.78, 5) is 14.6. The van der Waals surface area contributed by atoms with Gasteiger partial charge in [0.25, 0.3) is 5.91 Å². The van der Waals surface area contributed by atoms with E-state index in [-0.39, 0.29) is 11.7 Å². The van der Waals surface area contributed by atoms with Crippen LogP contribution in [0.2, 0.25) is 0 Å². The van der Waals surface area contributed by atoms with E-state index < -0.39 is 0 Å². The summed E-state index contributed by atoms with van der Waals surface area (Å²) in [6, 6.07) is 5.67. The number of hydrogen-bond acceptors (Lipinski definition) is 2. The van der Waals surface area contributed by atoms with Gasteiger partial charge in [-0.1, -0.05) is 40.9 Å². The van der Waals surface area contributed by atoms with E-state index in [1.807, 2.05) is 24.0 Å². The number of alkyl halides is 1. The van der Waals surface area contributed by atoms with Crippen LogP contribution in [0.4, 0.5) is 0 Å². The fraction of sp³-hybridized carbons (Fsp3) is 0.533. The number of carbonyl (C=O) groups excluding carboxylic acids is 1. The van der Waals surface area contributed by atoms with Gasteiger partial charge in [0.05, 0.1) is 5.56 Å². The first-order valence-electron chi connectivity index (χ1n) is 6.80. The molecule has 0 spiro atoms. The number of aryl methyl sites for hydroxylation is 1. The number of carbonyl (C=O) groups is 1. The standard InChI is InChI=1S/C15H20BrNO2/c1-11-5-4-8-13(14(11)18)15(19)17(10-9-16)12-6-2-3-7-12/h4-5,8,12,18H,2-3,6-7,9-10H2,1H3. The third-order valence-corrected chi connectivity index (χ3v) is 4.17. The largest absolute Gasteiger partial charge is 0.507 e. The van der Waals surface area contributed by atoms with Gasteiger partial charge in [-0.2, -0.15) is 0 Å². The second-order valence-corrected chi connectivity index (χ2v) is 5.89. The summed E-state index contributed by atoms with van der Waals surface area (Å²) in [5, 5.41) is 10.8. The number of para-hydroxylation sites is 1. The van der Waals surface area contributed by atoms with Gasteiger partial charge in [-0.25, -0.2) is 0 Å². The summed E-state index contributed by atoms with van der Waals surface area (Å²) in [6.07, 6.45) is 4.53. The highest BCUT2D eigenvalue weighted by atomic mass is 79.9. The van der Waals surface area contributed by atoms with Crippen molar-refractivity contribution in [2.75, 3.05) is 11.9 Å². The van der Waals surface area contributed by atoms with Crippen LogP contribution in [0.5, 0.6) is 5.75 Å². The Morgan fingerprint density at radius 3 is 2.74 bits per heavy atom.